The molecule has 0 spiro atoms. The number of ketones is 1. The average Bonchev–Trinajstić information content (AvgIpc) is 2.96. The van der Waals surface area contributed by atoms with Gasteiger partial charge in [0.15, 0.2) is 6.61 Å². The molecule has 0 atom stereocenters. The van der Waals surface area contributed by atoms with Crippen molar-refractivity contribution in [2.75, 3.05) is 13.2 Å². The zero-order valence-corrected chi connectivity index (χ0v) is 17.9. The van der Waals surface area contributed by atoms with Gasteiger partial charge in [0.25, 0.3) is 5.91 Å². The van der Waals surface area contributed by atoms with Crippen LogP contribution in [0.3, 0.4) is 0 Å². The van der Waals surface area contributed by atoms with Crippen LogP contribution < -0.4 is 5.32 Å². The number of Topliss-reactive ketones (excluding diaryl/α,β-unsaturated/α-hetero) is 1. The number of nitrogens with one attached hydrogen (secondary N) is 1. The first-order valence-corrected chi connectivity index (χ1v) is 9.89. The van der Waals surface area contributed by atoms with Crippen LogP contribution in [0.2, 0.25) is 0 Å². The molecule has 2 aromatic rings. The molecule has 1 heterocycles. The fraction of sp³-hybridized carbons (Fsp3) is 0.435. The molecule has 1 N–H and O–H groups in total. The molecule has 0 aliphatic heterocycles. The van der Waals surface area contributed by atoms with Crippen molar-refractivity contribution in [2.45, 2.75) is 47.6 Å². The summed E-state index contributed by atoms with van der Waals surface area (Å²) in [6.07, 6.45) is 1.03. The summed E-state index contributed by atoms with van der Waals surface area (Å²) in [7, 11) is 0. The van der Waals surface area contributed by atoms with Crippen molar-refractivity contribution in [1.82, 2.24) is 9.88 Å². The van der Waals surface area contributed by atoms with Crippen LogP contribution >= 0.6 is 0 Å². The van der Waals surface area contributed by atoms with Gasteiger partial charge >= 0.3 is 5.97 Å². The van der Waals surface area contributed by atoms with Gasteiger partial charge in [0.1, 0.15) is 6.54 Å². The Morgan fingerprint density at radius 1 is 1.07 bits per heavy atom. The predicted octanol–water partition coefficient (Wildman–Crippen LogP) is 3.62. The van der Waals surface area contributed by atoms with E-state index in [0.717, 1.165) is 29.9 Å². The Labute approximate surface area is 172 Å². The quantitative estimate of drug-likeness (QED) is 0.517. The van der Waals surface area contributed by atoms with E-state index in [0.29, 0.717) is 17.0 Å². The van der Waals surface area contributed by atoms with Crippen molar-refractivity contribution in [3.8, 4) is 0 Å². The second-order valence-electron chi connectivity index (χ2n) is 7.75. The molecule has 2 rings (SSSR count). The van der Waals surface area contributed by atoms with Gasteiger partial charge in [0.2, 0.25) is 5.78 Å². The normalized spacial score (nSPS) is 10.8. The van der Waals surface area contributed by atoms with E-state index in [1.54, 1.807) is 12.1 Å². The smallest absolute Gasteiger partial charge is 0.325 e. The summed E-state index contributed by atoms with van der Waals surface area (Å²) >= 11 is 0. The standard InChI is InChI=1S/C23H30N2O4/c1-15(2)10-11-25-17(4)12-20(18(25)5)21(26)14-29-22(27)13-24-23(28)19-8-6-16(3)7-9-19/h6-9,12,15H,10-11,13-14H2,1-5H3,(H,24,28). The highest BCUT2D eigenvalue weighted by molar-refractivity contribution is 6.00. The lowest BCUT2D eigenvalue weighted by Gasteiger charge is -2.11. The second-order valence-corrected chi connectivity index (χ2v) is 7.75. The average molecular weight is 399 g/mol. The molecule has 1 amide bonds. The molecule has 6 heteroatoms. The highest BCUT2D eigenvalue weighted by Gasteiger charge is 2.18. The number of nitrogens with zero attached hydrogens (tertiary/aromatic N) is 1. The summed E-state index contributed by atoms with van der Waals surface area (Å²) in [6.45, 7) is 10.4. The molecular formula is C23H30N2O4. The largest absolute Gasteiger partial charge is 0.456 e. The summed E-state index contributed by atoms with van der Waals surface area (Å²) in [4.78, 5) is 36.4. The molecule has 6 nitrogen and oxygen atoms in total. The molecule has 0 fully saturated rings. The zero-order valence-electron chi connectivity index (χ0n) is 17.9. The van der Waals surface area contributed by atoms with Crippen LogP contribution in [0.15, 0.2) is 30.3 Å². The molecule has 156 valence electrons. The Bertz CT molecular complexity index is 879. The molecule has 29 heavy (non-hydrogen) atoms. The first-order chi connectivity index (χ1) is 13.7. The molecule has 0 saturated heterocycles. The third-order valence-electron chi connectivity index (χ3n) is 4.88. The van der Waals surface area contributed by atoms with Crippen molar-refractivity contribution in [2.24, 2.45) is 5.92 Å². The minimum absolute atomic E-state index is 0.243. The predicted molar refractivity (Wildman–Crippen MR) is 112 cm³/mol. The van der Waals surface area contributed by atoms with Gasteiger partial charge in [-0.15, -0.1) is 0 Å². The number of rotatable bonds is 9. The number of aryl methyl sites for hydroxylation is 2. The first-order valence-electron chi connectivity index (χ1n) is 9.89. The van der Waals surface area contributed by atoms with E-state index in [1.807, 2.05) is 39.0 Å². The zero-order chi connectivity index (χ0) is 21.6. The van der Waals surface area contributed by atoms with Crippen LogP contribution in [0.5, 0.6) is 0 Å². The van der Waals surface area contributed by atoms with Crippen LogP contribution in [0.25, 0.3) is 0 Å². The van der Waals surface area contributed by atoms with Gasteiger partial charge in [0.05, 0.1) is 0 Å². The Morgan fingerprint density at radius 3 is 2.34 bits per heavy atom. The van der Waals surface area contributed by atoms with Gasteiger partial charge in [0, 0.05) is 29.1 Å². The monoisotopic (exact) mass is 398 g/mol. The number of aromatic nitrogens is 1. The van der Waals surface area contributed by atoms with E-state index >= 15 is 0 Å². The Hall–Kier alpha value is -2.89. The second kappa shape index (κ2) is 10.0. The minimum Gasteiger partial charge on any atom is -0.456 e. The molecule has 0 bridgehead atoms. The van der Waals surface area contributed by atoms with E-state index in [1.165, 1.54) is 0 Å². The number of amides is 1. The topological polar surface area (TPSA) is 77.4 Å². The number of carbonyl (C=O) groups excluding carboxylic acids is 3. The van der Waals surface area contributed by atoms with E-state index in [4.69, 9.17) is 4.74 Å². The summed E-state index contributed by atoms with van der Waals surface area (Å²) in [5.74, 6) is -0.673. The van der Waals surface area contributed by atoms with Gasteiger partial charge in [-0.2, -0.15) is 0 Å². The maximum atomic E-state index is 12.5. The van der Waals surface area contributed by atoms with Crippen molar-refractivity contribution >= 4 is 17.7 Å². The van der Waals surface area contributed by atoms with Crippen molar-refractivity contribution in [3.63, 3.8) is 0 Å². The molecule has 0 aliphatic rings. The van der Waals surface area contributed by atoms with E-state index in [-0.39, 0.29) is 24.8 Å². The van der Waals surface area contributed by atoms with Gasteiger partial charge in [-0.05, 0) is 51.3 Å². The molecule has 1 aromatic carbocycles. The van der Waals surface area contributed by atoms with Crippen LogP contribution in [-0.2, 0) is 16.1 Å². The molecular weight excluding hydrogens is 368 g/mol. The summed E-state index contributed by atoms with van der Waals surface area (Å²) in [5.41, 5.74) is 3.99. The van der Waals surface area contributed by atoms with Crippen molar-refractivity contribution in [3.05, 3.63) is 58.4 Å². The summed E-state index contributed by atoms with van der Waals surface area (Å²) in [5, 5.41) is 2.50. The molecule has 0 saturated carbocycles. The SMILES string of the molecule is Cc1ccc(C(=O)NCC(=O)OCC(=O)c2cc(C)n(CCC(C)C)c2C)cc1. The van der Waals surface area contributed by atoms with Gasteiger partial charge in [-0.25, -0.2) is 0 Å². The third-order valence-corrected chi connectivity index (χ3v) is 4.88. The minimum atomic E-state index is -0.646. The lowest BCUT2D eigenvalue weighted by atomic mass is 10.1. The van der Waals surface area contributed by atoms with Crippen LogP contribution in [0.1, 0.15) is 57.9 Å². The summed E-state index contributed by atoms with van der Waals surface area (Å²) in [6, 6.07) is 8.86. The molecule has 0 aliphatic carbocycles. The van der Waals surface area contributed by atoms with Crippen LogP contribution in [0, 0.1) is 26.7 Å². The first kappa shape index (κ1) is 22.4. The van der Waals surface area contributed by atoms with E-state index in [9.17, 15) is 14.4 Å². The number of carbonyl (C=O) groups is 3. The lowest BCUT2D eigenvalue weighted by molar-refractivity contribution is -0.141. The Kier molecular flexibility index (Phi) is 7.76. The van der Waals surface area contributed by atoms with E-state index in [2.05, 4.69) is 23.7 Å². The van der Waals surface area contributed by atoms with Crippen molar-refractivity contribution < 1.29 is 19.1 Å². The maximum Gasteiger partial charge on any atom is 0.325 e. The molecule has 0 radical (unpaired) electrons. The van der Waals surface area contributed by atoms with Gasteiger partial charge in [-0.3, -0.25) is 14.4 Å². The van der Waals surface area contributed by atoms with Crippen LogP contribution in [-0.4, -0.2) is 35.4 Å². The van der Waals surface area contributed by atoms with Gasteiger partial charge < -0.3 is 14.6 Å². The van der Waals surface area contributed by atoms with Crippen LogP contribution in [0.4, 0.5) is 0 Å². The fourth-order valence-electron chi connectivity index (χ4n) is 3.05. The summed E-state index contributed by atoms with van der Waals surface area (Å²) < 4.78 is 7.18. The highest BCUT2D eigenvalue weighted by atomic mass is 16.5. The number of ether oxygens (including phenoxy) is 1. The maximum absolute atomic E-state index is 12.5. The number of hydrogen-bond acceptors (Lipinski definition) is 4. The Balaban J connectivity index is 1.85. The van der Waals surface area contributed by atoms with Crippen molar-refractivity contribution in [1.29, 1.82) is 0 Å². The molecule has 0 unspecified atom stereocenters. The number of benzene rings is 1. The van der Waals surface area contributed by atoms with Gasteiger partial charge in [-0.1, -0.05) is 31.5 Å². The fourth-order valence-corrected chi connectivity index (χ4v) is 3.05. The molecule has 1 aromatic heterocycles. The Morgan fingerprint density at radius 2 is 1.72 bits per heavy atom. The highest BCUT2D eigenvalue weighted by Crippen LogP contribution is 2.17. The number of esters is 1. The van der Waals surface area contributed by atoms with E-state index < -0.39 is 5.97 Å². The number of hydrogen-bond donors (Lipinski definition) is 1. The third kappa shape index (κ3) is 6.31. The lowest BCUT2D eigenvalue weighted by Crippen LogP contribution is -2.31.